The largest absolute Gasteiger partial charge is 0.462 e. The fraction of sp³-hybridized carbons (Fsp3) is 0.194. The number of H-pyrrole nitrogens is 1. The second kappa shape index (κ2) is 14.6. The fourth-order valence-corrected chi connectivity index (χ4v) is 7.87. The molecule has 0 saturated heterocycles. The van der Waals surface area contributed by atoms with Crippen LogP contribution in [0.2, 0.25) is 10.0 Å². The highest BCUT2D eigenvalue weighted by Gasteiger charge is 2.28. The van der Waals surface area contributed by atoms with Crippen LogP contribution in [0.4, 0.5) is 0 Å². The van der Waals surface area contributed by atoms with E-state index in [0.29, 0.717) is 75.0 Å². The van der Waals surface area contributed by atoms with Crippen molar-refractivity contribution in [2.24, 2.45) is 0 Å². The van der Waals surface area contributed by atoms with Gasteiger partial charge < -0.3 is 14.5 Å². The van der Waals surface area contributed by atoms with E-state index in [1.807, 2.05) is 0 Å². The minimum absolute atomic E-state index is 0.114. The van der Waals surface area contributed by atoms with E-state index in [0.717, 1.165) is 0 Å². The topological polar surface area (TPSA) is 148 Å². The lowest BCUT2D eigenvalue weighted by atomic mass is 9.95. The number of halogens is 2. The number of nitrogens with zero attached hydrogens (tertiary/aromatic N) is 4. The Kier molecular flexibility index (Phi) is 10.2. The summed E-state index contributed by atoms with van der Waals surface area (Å²) in [6, 6.07) is 16.0. The van der Waals surface area contributed by atoms with E-state index >= 15 is 0 Å². The standard InChI is InChI=1S/C36H27Cl2N5O5S2/c1-5-47-35(45)25-17(3)40-33(23(15-39)27(25)19-7-11-21(37)12-8-19)49-16-24-42-30-29-28(20-9-13-22(38)14-10-20)26(36(46)48-6-2)18(4)41-34(29)50-31(30)32(44)43-24/h7-14H,5-6,16H2,1-4H3,(H,42,43,44). The number of pyridine rings is 2. The molecule has 4 aromatic heterocycles. The molecule has 4 heterocycles. The molecule has 0 aliphatic rings. The van der Waals surface area contributed by atoms with Crippen molar-refractivity contribution in [1.29, 1.82) is 5.26 Å². The lowest BCUT2D eigenvalue weighted by Crippen LogP contribution is -2.13. The van der Waals surface area contributed by atoms with Crippen molar-refractivity contribution >= 4 is 78.7 Å². The number of thiophene rings is 1. The lowest BCUT2D eigenvalue weighted by molar-refractivity contribution is 0.0516. The summed E-state index contributed by atoms with van der Waals surface area (Å²) in [5.41, 5.74) is 3.62. The van der Waals surface area contributed by atoms with Crippen molar-refractivity contribution in [2.75, 3.05) is 13.2 Å². The maximum atomic E-state index is 13.5. The highest BCUT2D eigenvalue weighted by Crippen LogP contribution is 2.41. The Balaban J connectivity index is 1.51. The molecule has 0 unspecified atom stereocenters. The van der Waals surface area contributed by atoms with Crippen molar-refractivity contribution in [1.82, 2.24) is 19.9 Å². The number of nitrogens with one attached hydrogen (secondary N) is 1. The lowest BCUT2D eigenvalue weighted by Gasteiger charge is -2.16. The third-order valence-corrected chi connectivity index (χ3v) is 10.3. The average molecular weight is 745 g/mol. The van der Waals surface area contributed by atoms with Crippen LogP contribution >= 0.6 is 46.3 Å². The number of benzene rings is 2. The molecule has 0 atom stereocenters. The van der Waals surface area contributed by atoms with Crippen LogP contribution in [0.3, 0.4) is 0 Å². The van der Waals surface area contributed by atoms with Gasteiger partial charge in [0, 0.05) is 26.6 Å². The first-order valence-electron chi connectivity index (χ1n) is 15.4. The molecule has 0 amide bonds. The van der Waals surface area contributed by atoms with Crippen molar-refractivity contribution in [2.45, 2.75) is 38.5 Å². The van der Waals surface area contributed by atoms with E-state index in [-0.39, 0.29) is 41.2 Å². The number of carbonyl (C=O) groups excluding carboxylic acids is 2. The van der Waals surface area contributed by atoms with E-state index in [2.05, 4.69) is 16.0 Å². The molecule has 6 rings (SSSR count). The third-order valence-electron chi connectivity index (χ3n) is 7.73. The SMILES string of the molecule is CCOC(=O)c1c(C)nc(SCc2nc3c(sc4nc(C)c(C(=O)OCC)c(-c5ccc(Cl)cc5)c43)c(=O)[nH]2)c(C#N)c1-c1ccc(Cl)cc1. The van der Waals surface area contributed by atoms with Crippen LogP contribution in [0.5, 0.6) is 0 Å². The Bertz CT molecular complexity index is 2420. The molecule has 14 heteroatoms. The molecule has 0 saturated carbocycles. The molecule has 0 bridgehead atoms. The summed E-state index contributed by atoms with van der Waals surface area (Å²) in [7, 11) is 0. The molecule has 0 spiro atoms. The van der Waals surface area contributed by atoms with Gasteiger partial charge in [0.2, 0.25) is 0 Å². The fourth-order valence-electron chi connectivity index (χ4n) is 5.65. The second-order valence-corrected chi connectivity index (χ2v) is 13.7. The second-order valence-electron chi connectivity index (χ2n) is 10.9. The van der Waals surface area contributed by atoms with Crippen LogP contribution in [0, 0.1) is 25.2 Å². The Morgan fingerprint density at radius 2 is 1.40 bits per heavy atom. The van der Waals surface area contributed by atoms with E-state index in [1.54, 1.807) is 76.2 Å². The van der Waals surface area contributed by atoms with Gasteiger partial charge in [-0.05, 0) is 63.1 Å². The summed E-state index contributed by atoms with van der Waals surface area (Å²) in [6.45, 7) is 7.14. The highest BCUT2D eigenvalue weighted by atomic mass is 35.5. The van der Waals surface area contributed by atoms with E-state index in [4.69, 9.17) is 42.6 Å². The van der Waals surface area contributed by atoms with Crippen molar-refractivity contribution < 1.29 is 19.1 Å². The van der Waals surface area contributed by atoms with Crippen molar-refractivity contribution in [3.8, 4) is 28.3 Å². The zero-order chi connectivity index (χ0) is 35.7. The molecule has 0 aliphatic carbocycles. The van der Waals surface area contributed by atoms with Crippen LogP contribution in [-0.2, 0) is 15.2 Å². The van der Waals surface area contributed by atoms with Crippen LogP contribution < -0.4 is 5.56 Å². The number of ether oxygens (including phenoxy) is 2. The number of esters is 2. The number of rotatable bonds is 9. The van der Waals surface area contributed by atoms with E-state index < -0.39 is 11.9 Å². The molecule has 252 valence electrons. The van der Waals surface area contributed by atoms with E-state index in [9.17, 15) is 19.6 Å². The maximum Gasteiger partial charge on any atom is 0.340 e. The van der Waals surface area contributed by atoms with Crippen molar-refractivity contribution in [3.63, 3.8) is 0 Å². The molecule has 1 N–H and O–H groups in total. The zero-order valence-electron chi connectivity index (χ0n) is 27.1. The monoisotopic (exact) mass is 743 g/mol. The minimum Gasteiger partial charge on any atom is -0.462 e. The van der Waals surface area contributed by atoms with Gasteiger partial charge in [-0.25, -0.2) is 24.5 Å². The molecule has 0 radical (unpaired) electrons. The van der Waals surface area contributed by atoms with Gasteiger partial charge in [-0.1, -0.05) is 59.2 Å². The quantitative estimate of drug-likeness (QED) is 0.113. The Morgan fingerprint density at radius 3 is 1.96 bits per heavy atom. The van der Waals surface area contributed by atoms with Gasteiger partial charge in [-0.15, -0.1) is 11.3 Å². The molecular formula is C36H27Cl2N5O5S2. The number of aromatic nitrogens is 4. The van der Waals surface area contributed by atoms with Gasteiger partial charge in [-0.3, -0.25) is 4.79 Å². The van der Waals surface area contributed by atoms with Crippen LogP contribution in [0.15, 0.2) is 58.4 Å². The Hall–Kier alpha value is -4.80. The Labute approximate surface area is 304 Å². The van der Waals surface area contributed by atoms with Gasteiger partial charge in [-0.2, -0.15) is 5.26 Å². The number of carbonyl (C=O) groups is 2. The molecule has 0 aliphatic heterocycles. The summed E-state index contributed by atoms with van der Waals surface area (Å²) in [6.07, 6.45) is 0. The summed E-state index contributed by atoms with van der Waals surface area (Å²) in [5, 5.41) is 12.3. The summed E-state index contributed by atoms with van der Waals surface area (Å²) < 4.78 is 11.1. The summed E-state index contributed by atoms with van der Waals surface area (Å²) >= 11 is 14.7. The Morgan fingerprint density at radius 1 is 0.860 bits per heavy atom. The number of nitriles is 1. The first kappa shape index (κ1) is 35.0. The number of aryl methyl sites for hydroxylation is 2. The predicted octanol–water partition coefficient (Wildman–Crippen LogP) is 8.70. The molecule has 0 fully saturated rings. The van der Waals surface area contributed by atoms with Crippen molar-refractivity contribution in [3.05, 3.63) is 103 Å². The van der Waals surface area contributed by atoms with Gasteiger partial charge in [0.1, 0.15) is 26.4 Å². The third kappa shape index (κ3) is 6.57. The summed E-state index contributed by atoms with van der Waals surface area (Å²) in [4.78, 5) is 57.6. The number of fused-ring (bicyclic) bond motifs is 3. The molecule has 50 heavy (non-hydrogen) atoms. The van der Waals surface area contributed by atoms with Gasteiger partial charge in [0.05, 0.1) is 52.6 Å². The summed E-state index contributed by atoms with van der Waals surface area (Å²) in [5.74, 6) is -0.724. The first-order chi connectivity index (χ1) is 24.1. The molecule has 10 nitrogen and oxygen atoms in total. The van der Waals surface area contributed by atoms with Gasteiger partial charge in [0.25, 0.3) is 5.56 Å². The predicted molar refractivity (Wildman–Crippen MR) is 196 cm³/mol. The molecule has 2 aromatic carbocycles. The number of thioether (sulfide) groups is 1. The number of hydrogen-bond donors (Lipinski definition) is 1. The smallest absolute Gasteiger partial charge is 0.340 e. The normalized spacial score (nSPS) is 11.1. The first-order valence-corrected chi connectivity index (χ1v) is 17.9. The van der Waals surface area contributed by atoms with Crippen LogP contribution in [0.1, 0.15) is 57.3 Å². The molecule has 6 aromatic rings. The maximum absolute atomic E-state index is 13.5. The van der Waals surface area contributed by atoms with Gasteiger partial charge in [0.15, 0.2) is 0 Å². The highest BCUT2D eigenvalue weighted by molar-refractivity contribution is 7.98. The van der Waals surface area contributed by atoms with Crippen LogP contribution in [0.25, 0.3) is 42.7 Å². The average Bonchev–Trinajstić information content (AvgIpc) is 3.45. The van der Waals surface area contributed by atoms with Gasteiger partial charge >= 0.3 is 11.9 Å². The number of aromatic amines is 1. The minimum atomic E-state index is -0.598. The van der Waals surface area contributed by atoms with E-state index in [1.165, 1.54) is 23.1 Å². The van der Waals surface area contributed by atoms with Crippen LogP contribution in [-0.4, -0.2) is 45.1 Å². The number of hydrogen-bond acceptors (Lipinski definition) is 11. The zero-order valence-corrected chi connectivity index (χ0v) is 30.3. The molecular weight excluding hydrogens is 717 g/mol.